The first-order valence-electron chi connectivity index (χ1n) is 14.2. The number of unbranched alkanes of at least 4 members (excludes halogenated alkanes) is 1. The van der Waals surface area contributed by atoms with Crippen LogP contribution in [0.3, 0.4) is 0 Å². The van der Waals surface area contributed by atoms with Crippen molar-refractivity contribution in [2.24, 2.45) is 11.8 Å². The molecule has 0 aromatic heterocycles. The van der Waals surface area contributed by atoms with Gasteiger partial charge in [-0.2, -0.15) is 0 Å². The van der Waals surface area contributed by atoms with E-state index in [4.69, 9.17) is 9.47 Å². The number of aliphatic hydroxyl groups is 1. The van der Waals surface area contributed by atoms with Crippen LogP contribution >= 0.6 is 0 Å². The fourth-order valence-electron chi connectivity index (χ4n) is 7.44. The Labute approximate surface area is 221 Å². The average molecular weight is 517 g/mol. The molecule has 1 aliphatic carbocycles. The van der Waals surface area contributed by atoms with Crippen molar-refractivity contribution in [3.8, 4) is 0 Å². The summed E-state index contributed by atoms with van der Waals surface area (Å²) in [5.41, 5.74) is -1.86. The van der Waals surface area contributed by atoms with E-state index in [1.807, 2.05) is 11.8 Å². The Kier molecular flexibility index (Phi) is 8.79. The van der Waals surface area contributed by atoms with Crippen molar-refractivity contribution in [3.63, 3.8) is 0 Å². The number of likely N-dealkylation sites (tertiary alicyclic amines) is 1. The van der Waals surface area contributed by atoms with E-state index < -0.39 is 35.0 Å². The van der Waals surface area contributed by atoms with Crippen LogP contribution in [0.1, 0.15) is 77.6 Å². The molecule has 0 aromatic rings. The Bertz CT molecular complexity index is 886. The van der Waals surface area contributed by atoms with Gasteiger partial charge in [0.1, 0.15) is 17.6 Å². The molecule has 2 bridgehead atoms. The number of nitrogens with zero attached hydrogens (tertiary/aromatic N) is 2. The van der Waals surface area contributed by atoms with Gasteiger partial charge in [0.05, 0.1) is 18.1 Å². The molecule has 1 saturated carbocycles. The SMILES string of the molecule is C=CCCCOC(=O)[C@@H]1[C@H]2C(=O)N(CCCO)C(C(=O)N(CC=C)C3CCCCC3)C23CC[C@@]1(CC)O3. The Morgan fingerprint density at radius 2 is 1.95 bits per heavy atom. The predicted octanol–water partition coefficient (Wildman–Crippen LogP) is 3.38. The molecule has 2 amide bonds. The molecule has 3 heterocycles. The second-order valence-corrected chi connectivity index (χ2v) is 11.1. The number of esters is 1. The van der Waals surface area contributed by atoms with Crippen molar-refractivity contribution in [1.82, 2.24) is 9.80 Å². The van der Waals surface area contributed by atoms with Crippen LogP contribution in [0.25, 0.3) is 0 Å². The second kappa shape index (κ2) is 11.7. The summed E-state index contributed by atoms with van der Waals surface area (Å²) in [6.45, 7) is 10.4. The maximum Gasteiger partial charge on any atom is 0.312 e. The monoisotopic (exact) mass is 516 g/mol. The van der Waals surface area contributed by atoms with Crippen molar-refractivity contribution in [2.75, 3.05) is 26.3 Å². The van der Waals surface area contributed by atoms with Crippen molar-refractivity contribution < 1.29 is 29.0 Å². The minimum absolute atomic E-state index is 0.0874. The molecule has 0 radical (unpaired) electrons. The molecule has 206 valence electrons. The van der Waals surface area contributed by atoms with Gasteiger partial charge in [-0.3, -0.25) is 14.4 Å². The maximum atomic E-state index is 14.4. The quantitative estimate of drug-likeness (QED) is 0.229. The molecule has 3 aliphatic heterocycles. The van der Waals surface area contributed by atoms with E-state index in [1.165, 1.54) is 6.42 Å². The molecule has 0 aromatic carbocycles. The number of ether oxygens (including phenoxy) is 2. The number of fused-ring (bicyclic) bond motifs is 1. The summed E-state index contributed by atoms with van der Waals surface area (Å²) in [6, 6.07) is -0.709. The van der Waals surface area contributed by atoms with Crippen LogP contribution in [-0.4, -0.2) is 82.3 Å². The molecule has 4 aliphatic rings. The number of carbonyl (C=O) groups excluding carboxylic acids is 3. The van der Waals surface area contributed by atoms with Gasteiger partial charge in [0.2, 0.25) is 11.8 Å². The van der Waals surface area contributed by atoms with Gasteiger partial charge in [-0.1, -0.05) is 38.3 Å². The van der Waals surface area contributed by atoms with Crippen molar-refractivity contribution in [1.29, 1.82) is 0 Å². The first kappa shape index (κ1) is 27.8. The molecule has 2 unspecified atom stereocenters. The molecule has 37 heavy (non-hydrogen) atoms. The van der Waals surface area contributed by atoms with Crippen molar-refractivity contribution in [2.45, 2.75) is 101 Å². The van der Waals surface area contributed by atoms with Crippen LogP contribution < -0.4 is 0 Å². The summed E-state index contributed by atoms with van der Waals surface area (Å²) in [4.78, 5) is 45.4. The number of aliphatic hydroxyl groups excluding tert-OH is 1. The highest BCUT2D eigenvalue weighted by molar-refractivity contribution is 5.98. The largest absolute Gasteiger partial charge is 0.465 e. The van der Waals surface area contributed by atoms with Gasteiger partial charge >= 0.3 is 5.97 Å². The molecule has 5 atom stereocenters. The minimum Gasteiger partial charge on any atom is -0.465 e. The molecule has 1 N–H and O–H groups in total. The molecule has 8 nitrogen and oxygen atoms in total. The molecule has 4 fully saturated rings. The molecule has 3 saturated heterocycles. The van der Waals surface area contributed by atoms with Crippen LogP contribution in [-0.2, 0) is 23.9 Å². The van der Waals surface area contributed by atoms with E-state index in [2.05, 4.69) is 13.2 Å². The Hall–Kier alpha value is -2.19. The highest BCUT2D eigenvalue weighted by Crippen LogP contribution is 2.64. The lowest BCUT2D eigenvalue weighted by molar-refractivity contribution is -0.162. The minimum atomic E-state index is -1.06. The summed E-state index contributed by atoms with van der Waals surface area (Å²) >= 11 is 0. The van der Waals surface area contributed by atoms with Gasteiger partial charge < -0.3 is 24.4 Å². The topological polar surface area (TPSA) is 96.4 Å². The standard InChI is InChI=1S/C29H44N2O6/c1-4-7-11-20-36-27(35)23-22-25(33)31(18-12-19-32)24(29(22)16-15-28(23,6-3)37-29)26(34)30(17-5-2)21-13-9-8-10-14-21/h4-5,21-24,32H,1-2,6-20H2,3H3/t22-,23-,24?,28+,29?/m0/s1. The maximum absolute atomic E-state index is 14.4. The Morgan fingerprint density at radius 1 is 1.19 bits per heavy atom. The summed E-state index contributed by atoms with van der Waals surface area (Å²) < 4.78 is 12.5. The molecule has 4 rings (SSSR count). The van der Waals surface area contributed by atoms with Gasteiger partial charge in [-0.25, -0.2) is 0 Å². The van der Waals surface area contributed by atoms with Crippen molar-refractivity contribution >= 4 is 17.8 Å². The van der Waals surface area contributed by atoms with Crippen molar-refractivity contribution in [3.05, 3.63) is 25.3 Å². The van der Waals surface area contributed by atoms with Gasteiger partial charge in [-0.15, -0.1) is 13.2 Å². The van der Waals surface area contributed by atoms with Gasteiger partial charge in [0.25, 0.3) is 0 Å². The summed E-state index contributed by atoms with van der Waals surface area (Å²) in [7, 11) is 0. The molecular weight excluding hydrogens is 472 g/mol. The number of amides is 2. The zero-order chi connectivity index (χ0) is 26.6. The van der Waals surface area contributed by atoms with E-state index in [-0.39, 0.29) is 37.6 Å². The lowest BCUT2D eigenvalue weighted by atomic mass is 9.65. The van der Waals surface area contributed by atoms with E-state index in [9.17, 15) is 19.5 Å². The smallest absolute Gasteiger partial charge is 0.312 e. The zero-order valence-corrected chi connectivity index (χ0v) is 22.4. The van der Waals surface area contributed by atoms with E-state index in [1.54, 1.807) is 17.1 Å². The predicted molar refractivity (Wildman–Crippen MR) is 139 cm³/mol. The Morgan fingerprint density at radius 3 is 2.59 bits per heavy atom. The van der Waals surface area contributed by atoms with Gasteiger partial charge in [-0.05, 0) is 51.4 Å². The van der Waals surface area contributed by atoms with Crippen LogP contribution in [0.4, 0.5) is 0 Å². The van der Waals surface area contributed by atoms with Crippen LogP contribution in [0.15, 0.2) is 25.3 Å². The van der Waals surface area contributed by atoms with Crippen LogP contribution in [0.2, 0.25) is 0 Å². The molecule has 1 spiro atoms. The number of hydrogen-bond acceptors (Lipinski definition) is 6. The first-order chi connectivity index (χ1) is 17.9. The average Bonchev–Trinajstić information content (AvgIpc) is 3.52. The third kappa shape index (κ3) is 4.76. The number of carbonyl (C=O) groups is 3. The number of hydrogen-bond donors (Lipinski definition) is 1. The molecular formula is C29H44N2O6. The summed E-state index contributed by atoms with van der Waals surface area (Å²) in [5, 5.41) is 9.57. The van der Waals surface area contributed by atoms with Crippen LogP contribution in [0, 0.1) is 11.8 Å². The normalized spacial score (nSPS) is 32.9. The van der Waals surface area contributed by atoms with E-state index in [0.29, 0.717) is 38.6 Å². The number of allylic oxidation sites excluding steroid dienone is 1. The summed E-state index contributed by atoms with van der Waals surface area (Å²) in [6.07, 6.45) is 12.2. The highest BCUT2D eigenvalue weighted by Gasteiger charge is 2.79. The first-order valence-corrected chi connectivity index (χ1v) is 14.2. The fraction of sp³-hybridized carbons (Fsp3) is 0.759. The molecule has 8 heteroatoms. The van der Waals surface area contributed by atoms with E-state index in [0.717, 1.165) is 32.1 Å². The lowest BCUT2D eigenvalue weighted by Gasteiger charge is -2.40. The summed E-state index contributed by atoms with van der Waals surface area (Å²) in [5.74, 6) is -2.24. The fourth-order valence-corrected chi connectivity index (χ4v) is 7.44. The van der Waals surface area contributed by atoms with E-state index >= 15 is 0 Å². The Balaban J connectivity index is 1.69. The van der Waals surface area contributed by atoms with Gasteiger partial charge in [0.15, 0.2) is 0 Å². The lowest BCUT2D eigenvalue weighted by Crippen LogP contribution is -2.58. The van der Waals surface area contributed by atoms with Crippen LogP contribution in [0.5, 0.6) is 0 Å². The second-order valence-electron chi connectivity index (χ2n) is 11.1. The third-order valence-corrected chi connectivity index (χ3v) is 9.15. The van der Waals surface area contributed by atoms with Gasteiger partial charge in [0, 0.05) is 25.7 Å². The number of rotatable bonds is 13. The highest BCUT2D eigenvalue weighted by atomic mass is 16.6. The third-order valence-electron chi connectivity index (χ3n) is 9.15. The zero-order valence-electron chi connectivity index (χ0n) is 22.4.